The van der Waals surface area contributed by atoms with Crippen LogP contribution in [-0.2, 0) is 0 Å². The molecule has 0 aliphatic rings. The molecule has 2 rings (SSSR count). The molecule has 0 amide bonds. The minimum atomic E-state index is -0.234. The Bertz CT molecular complexity index is 355. The van der Waals surface area contributed by atoms with E-state index in [4.69, 9.17) is 0 Å². The summed E-state index contributed by atoms with van der Waals surface area (Å²) in [7, 11) is 0. The van der Waals surface area contributed by atoms with Gasteiger partial charge in [0.25, 0.3) is 0 Å². The molecule has 0 radical (unpaired) electrons. The fourth-order valence-electron chi connectivity index (χ4n) is 0.911. The zero-order chi connectivity index (χ0) is 8.39. The van der Waals surface area contributed by atoms with Gasteiger partial charge in [-0.05, 0) is 35.8 Å². The predicted octanol–water partition coefficient (Wildman–Crippen LogP) is 2.34. The van der Waals surface area contributed by atoms with Crippen molar-refractivity contribution in [2.45, 2.75) is 0 Å². The molecule has 1 aromatic heterocycles. The van der Waals surface area contributed by atoms with Crippen molar-refractivity contribution in [1.29, 1.82) is 0 Å². The predicted molar refractivity (Wildman–Crippen MR) is 45.3 cm³/mol. The van der Waals surface area contributed by atoms with Crippen molar-refractivity contribution in [3.05, 3.63) is 35.5 Å². The fraction of sp³-hybridized carbons (Fsp3) is 0. The average Bonchev–Trinajstić information content (AvgIpc) is 2.58. The molecule has 0 atom stereocenters. The molecule has 0 aliphatic carbocycles. The molecule has 0 saturated heterocycles. The Kier molecular flexibility index (Phi) is 1.83. The molecule has 60 valence electrons. The normalized spacial score (nSPS) is 10.1. The summed E-state index contributed by atoms with van der Waals surface area (Å²) in [5.74, 6) is -0.234. The van der Waals surface area contributed by atoms with E-state index in [0.717, 1.165) is 11.3 Å². The summed E-state index contributed by atoms with van der Waals surface area (Å²) < 4.78 is 16.2. The SMILES string of the molecule is Fc1ccc(-c2csnn2)cc1. The van der Waals surface area contributed by atoms with E-state index in [9.17, 15) is 4.39 Å². The second-order valence-corrected chi connectivity index (χ2v) is 2.91. The summed E-state index contributed by atoms with van der Waals surface area (Å²) in [6.07, 6.45) is 0. The number of rotatable bonds is 1. The van der Waals surface area contributed by atoms with Crippen molar-refractivity contribution < 1.29 is 4.39 Å². The van der Waals surface area contributed by atoms with Gasteiger partial charge in [-0.15, -0.1) is 5.10 Å². The third-order valence-electron chi connectivity index (χ3n) is 1.50. The summed E-state index contributed by atoms with van der Waals surface area (Å²) in [5, 5.41) is 5.69. The minimum absolute atomic E-state index is 0.234. The van der Waals surface area contributed by atoms with E-state index in [1.807, 2.05) is 5.38 Å². The molecular formula is C8H5FN2S. The van der Waals surface area contributed by atoms with Crippen molar-refractivity contribution in [2.75, 3.05) is 0 Å². The van der Waals surface area contributed by atoms with Crippen molar-refractivity contribution in [2.24, 2.45) is 0 Å². The molecule has 1 heterocycles. The van der Waals surface area contributed by atoms with Gasteiger partial charge in [0.05, 0.1) is 0 Å². The maximum atomic E-state index is 12.5. The fourth-order valence-corrected chi connectivity index (χ4v) is 1.38. The van der Waals surface area contributed by atoms with Crippen molar-refractivity contribution >= 4 is 11.5 Å². The van der Waals surface area contributed by atoms with E-state index in [2.05, 4.69) is 9.59 Å². The largest absolute Gasteiger partial charge is 0.207 e. The molecular weight excluding hydrogens is 175 g/mol. The Morgan fingerprint density at radius 2 is 1.92 bits per heavy atom. The molecule has 1 aromatic carbocycles. The van der Waals surface area contributed by atoms with Gasteiger partial charge in [-0.3, -0.25) is 0 Å². The van der Waals surface area contributed by atoms with Crippen LogP contribution in [0, 0.1) is 5.82 Å². The van der Waals surface area contributed by atoms with Crippen molar-refractivity contribution in [3.8, 4) is 11.3 Å². The highest BCUT2D eigenvalue weighted by molar-refractivity contribution is 7.03. The van der Waals surface area contributed by atoms with Gasteiger partial charge in [0, 0.05) is 10.9 Å². The van der Waals surface area contributed by atoms with Gasteiger partial charge < -0.3 is 0 Å². The summed E-state index contributed by atoms with van der Waals surface area (Å²) in [6.45, 7) is 0. The molecule has 0 unspecified atom stereocenters. The molecule has 0 fully saturated rings. The topological polar surface area (TPSA) is 25.8 Å². The van der Waals surface area contributed by atoms with Gasteiger partial charge in [0.15, 0.2) is 0 Å². The van der Waals surface area contributed by atoms with Crippen LogP contribution in [0.25, 0.3) is 11.3 Å². The van der Waals surface area contributed by atoms with Crippen LogP contribution in [0.5, 0.6) is 0 Å². The number of aromatic nitrogens is 2. The van der Waals surface area contributed by atoms with Crippen molar-refractivity contribution in [3.63, 3.8) is 0 Å². The maximum absolute atomic E-state index is 12.5. The van der Waals surface area contributed by atoms with E-state index in [-0.39, 0.29) is 5.82 Å². The van der Waals surface area contributed by atoms with Crippen LogP contribution in [0.15, 0.2) is 29.6 Å². The number of hydrogen-bond donors (Lipinski definition) is 0. The lowest BCUT2D eigenvalue weighted by atomic mass is 10.2. The lowest BCUT2D eigenvalue weighted by Crippen LogP contribution is -1.78. The van der Waals surface area contributed by atoms with Gasteiger partial charge >= 0.3 is 0 Å². The zero-order valence-electron chi connectivity index (χ0n) is 6.07. The standard InChI is InChI=1S/C8H5FN2S/c9-7-3-1-6(2-4-7)8-5-12-11-10-8/h1-5H. The lowest BCUT2D eigenvalue weighted by molar-refractivity contribution is 0.628. The third-order valence-corrected chi connectivity index (χ3v) is 2.00. The van der Waals surface area contributed by atoms with Crippen LogP contribution >= 0.6 is 11.5 Å². The number of hydrogen-bond acceptors (Lipinski definition) is 3. The first kappa shape index (κ1) is 7.36. The first-order chi connectivity index (χ1) is 5.86. The Hall–Kier alpha value is -1.29. The van der Waals surface area contributed by atoms with E-state index >= 15 is 0 Å². The Balaban J connectivity index is 2.43. The lowest BCUT2D eigenvalue weighted by Gasteiger charge is -1.93. The molecule has 12 heavy (non-hydrogen) atoms. The monoisotopic (exact) mass is 180 g/mol. The highest BCUT2D eigenvalue weighted by Gasteiger charge is 1.99. The maximum Gasteiger partial charge on any atom is 0.123 e. The summed E-state index contributed by atoms with van der Waals surface area (Å²) >= 11 is 1.28. The third kappa shape index (κ3) is 1.33. The number of nitrogens with zero attached hydrogens (tertiary/aromatic N) is 2. The zero-order valence-corrected chi connectivity index (χ0v) is 6.88. The van der Waals surface area contributed by atoms with Gasteiger partial charge in [0.2, 0.25) is 0 Å². The second kappa shape index (κ2) is 2.98. The van der Waals surface area contributed by atoms with Crippen LogP contribution in [0.4, 0.5) is 4.39 Å². The molecule has 2 aromatic rings. The minimum Gasteiger partial charge on any atom is -0.207 e. The van der Waals surface area contributed by atoms with Gasteiger partial charge in [-0.1, -0.05) is 4.49 Å². The smallest absolute Gasteiger partial charge is 0.123 e. The van der Waals surface area contributed by atoms with Crippen LogP contribution in [-0.4, -0.2) is 9.59 Å². The quantitative estimate of drug-likeness (QED) is 0.673. The Morgan fingerprint density at radius 1 is 1.17 bits per heavy atom. The second-order valence-electron chi connectivity index (χ2n) is 2.30. The molecule has 0 N–H and O–H groups in total. The van der Waals surface area contributed by atoms with E-state index in [0.29, 0.717) is 0 Å². The molecule has 0 spiro atoms. The summed E-state index contributed by atoms with van der Waals surface area (Å²) in [5.41, 5.74) is 1.69. The molecule has 2 nitrogen and oxygen atoms in total. The van der Waals surface area contributed by atoms with E-state index in [1.54, 1.807) is 12.1 Å². The van der Waals surface area contributed by atoms with Crippen LogP contribution in [0.2, 0.25) is 0 Å². The Morgan fingerprint density at radius 3 is 2.50 bits per heavy atom. The van der Waals surface area contributed by atoms with Gasteiger partial charge in [-0.2, -0.15) is 0 Å². The summed E-state index contributed by atoms with van der Waals surface area (Å²) in [4.78, 5) is 0. The van der Waals surface area contributed by atoms with E-state index < -0.39 is 0 Å². The van der Waals surface area contributed by atoms with Gasteiger partial charge in [-0.25, -0.2) is 4.39 Å². The highest BCUT2D eigenvalue weighted by atomic mass is 32.1. The molecule has 4 heteroatoms. The molecule has 0 bridgehead atoms. The van der Waals surface area contributed by atoms with Crippen molar-refractivity contribution in [1.82, 2.24) is 9.59 Å². The molecule has 0 aliphatic heterocycles. The van der Waals surface area contributed by atoms with Crippen LogP contribution in [0.1, 0.15) is 0 Å². The van der Waals surface area contributed by atoms with Crippen LogP contribution < -0.4 is 0 Å². The van der Waals surface area contributed by atoms with Crippen LogP contribution in [0.3, 0.4) is 0 Å². The van der Waals surface area contributed by atoms with Gasteiger partial charge in [0.1, 0.15) is 11.5 Å². The summed E-state index contributed by atoms with van der Waals surface area (Å²) in [6, 6.07) is 6.20. The highest BCUT2D eigenvalue weighted by Crippen LogP contribution is 2.17. The number of halogens is 1. The first-order valence-electron chi connectivity index (χ1n) is 3.39. The van der Waals surface area contributed by atoms with E-state index in [1.165, 1.54) is 23.7 Å². The first-order valence-corrected chi connectivity index (χ1v) is 4.23. The Labute approximate surface area is 72.8 Å². The average molecular weight is 180 g/mol. The number of benzene rings is 1. The molecule has 0 saturated carbocycles.